The predicted octanol–water partition coefficient (Wildman–Crippen LogP) is 1.80. The second-order valence-corrected chi connectivity index (χ2v) is 6.11. The monoisotopic (exact) mass is 302 g/mol. The van der Waals surface area contributed by atoms with Crippen LogP contribution in [0, 0.1) is 0 Å². The molecule has 3 amide bonds. The van der Waals surface area contributed by atoms with E-state index in [1.807, 2.05) is 30.3 Å². The summed E-state index contributed by atoms with van der Waals surface area (Å²) in [6, 6.07) is 9.40. The summed E-state index contributed by atoms with van der Waals surface area (Å²) in [6.07, 6.45) is 3.32. The van der Waals surface area contributed by atoms with E-state index in [0.717, 1.165) is 31.2 Å². The average molecular weight is 302 g/mol. The number of hydrogen-bond donors (Lipinski definition) is 1. The highest BCUT2D eigenvalue weighted by molar-refractivity contribution is 6.04. The molecule has 2 saturated heterocycles. The van der Waals surface area contributed by atoms with Crippen LogP contribution in [0.25, 0.3) is 0 Å². The Balaban J connectivity index is 1.56. The van der Waals surface area contributed by atoms with E-state index in [0.29, 0.717) is 13.0 Å². The number of amides is 3. The van der Waals surface area contributed by atoms with Crippen LogP contribution < -0.4 is 0 Å². The number of piperidine rings is 1. The van der Waals surface area contributed by atoms with Gasteiger partial charge in [-0.25, -0.2) is 4.79 Å². The van der Waals surface area contributed by atoms with Crippen molar-refractivity contribution in [3.63, 3.8) is 0 Å². The van der Waals surface area contributed by atoms with Crippen molar-refractivity contribution in [1.82, 2.24) is 9.80 Å². The first-order valence-electron chi connectivity index (χ1n) is 8.01. The molecule has 1 aromatic carbocycles. The van der Waals surface area contributed by atoms with E-state index >= 15 is 0 Å². The van der Waals surface area contributed by atoms with Crippen LogP contribution in [-0.2, 0) is 11.2 Å². The molecule has 5 heteroatoms. The van der Waals surface area contributed by atoms with Gasteiger partial charge < -0.3 is 10.0 Å². The summed E-state index contributed by atoms with van der Waals surface area (Å²) in [5, 5.41) is 10.2. The van der Waals surface area contributed by atoms with E-state index in [1.54, 1.807) is 4.90 Å². The molecule has 3 rings (SSSR count). The Labute approximate surface area is 130 Å². The van der Waals surface area contributed by atoms with Crippen LogP contribution >= 0.6 is 0 Å². The molecule has 0 bridgehead atoms. The van der Waals surface area contributed by atoms with Gasteiger partial charge in [-0.3, -0.25) is 9.69 Å². The smallest absolute Gasteiger partial charge is 0.327 e. The van der Waals surface area contributed by atoms with E-state index in [4.69, 9.17) is 0 Å². The summed E-state index contributed by atoms with van der Waals surface area (Å²) in [4.78, 5) is 27.5. The molecule has 22 heavy (non-hydrogen) atoms. The molecule has 5 nitrogen and oxygen atoms in total. The average Bonchev–Trinajstić information content (AvgIpc) is 2.79. The maximum Gasteiger partial charge on any atom is 0.327 e. The van der Waals surface area contributed by atoms with E-state index in [2.05, 4.69) is 0 Å². The number of urea groups is 1. The molecule has 0 saturated carbocycles. The van der Waals surface area contributed by atoms with Crippen molar-refractivity contribution < 1.29 is 14.7 Å². The third-order valence-electron chi connectivity index (χ3n) is 4.53. The summed E-state index contributed by atoms with van der Waals surface area (Å²) < 4.78 is 0. The van der Waals surface area contributed by atoms with Crippen molar-refractivity contribution >= 4 is 11.9 Å². The van der Waals surface area contributed by atoms with Gasteiger partial charge in [0.05, 0.1) is 12.6 Å². The number of β-amino-alcohol motifs (C(OH)–C–C–N with tert-alkyl or cyclic N) is 1. The molecule has 0 aliphatic carbocycles. The van der Waals surface area contributed by atoms with Crippen LogP contribution in [0.4, 0.5) is 4.79 Å². The van der Waals surface area contributed by atoms with Gasteiger partial charge in [0, 0.05) is 6.54 Å². The predicted molar refractivity (Wildman–Crippen MR) is 82.2 cm³/mol. The molecule has 0 spiro atoms. The molecular weight excluding hydrogens is 280 g/mol. The Bertz CT molecular complexity index is 522. The van der Waals surface area contributed by atoms with Gasteiger partial charge in [-0.05, 0) is 37.7 Å². The van der Waals surface area contributed by atoms with Crippen LogP contribution in [0.3, 0.4) is 0 Å². The van der Waals surface area contributed by atoms with Gasteiger partial charge in [0.15, 0.2) is 0 Å². The largest absolute Gasteiger partial charge is 0.391 e. The third-order valence-corrected chi connectivity index (χ3v) is 4.53. The van der Waals surface area contributed by atoms with E-state index in [1.165, 1.54) is 4.90 Å². The van der Waals surface area contributed by atoms with Gasteiger partial charge >= 0.3 is 6.03 Å². The lowest BCUT2D eigenvalue weighted by Gasteiger charge is -2.26. The lowest BCUT2D eigenvalue weighted by molar-refractivity contribution is -0.129. The fourth-order valence-corrected chi connectivity index (χ4v) is 3.29. The van der Waals surface area contributed by atoms with Gasteiger partial charge in [0.2, 0.25) is 0 Å². The van der Waals surface area contributed by atoms with Crippen molar-refractivity contribution in [3.05, 3.63) is 35.9 Å². The van der Waals surface area contributed by atoms with Gasteiger partial charge in [0.25, 0.3) is 5.91 Å². The summed E-state index contributed by atoms with van der Waals surface area (Å²) in [5.41, 5.74) is 1.15. The summed E-state index contributed by atoms with van der Waals surface area (Å²) in [6.45, 7) is 0.767. The van der Waals surface area contributed by atoms with Gasteiger partial charge in [-0.2, -0.15) is 0 Å². The number of carbonyl (C=O) groups excluding carboxylic acids is 2. The first-order valence-corrected chi connectivity index (χ1v) is 8.01. The zero-order valence-corrected chi connectivity index (χ0v) is 12.6. The lowest BCUT2D eigenvalue weighted by Crippen LogP contribution is -2.39. The number of benzene rings is 1. The summed E-state index contributed by atoms with van der Waals surface area (Å²) >= 11 is 0. The van der Waals surface area contributed by atoms with Crippen LogP contribution in [0.5, 0.6) is 0 Å². The van der Waals surface area contributed by atoms with Crippen molar-refractivity contribution in [1.29, 1.82) is 0 Å². The highest BCUT2D eigenvalue weighted by Crippen LogP contribution is 2.26. The minimum absolute atomic E-state index is 0.109. The highest BCUT2D eigenvalue weighted by Gasteiger charge is 2.46. The first-order chi connectivity index (χ1) is 10.7. The normalized spacial score (nSPS) is 22.9. The molecule has 1 aromatic rings. The SMILES string of the molecule is O=C1[C@H]2CCCCN2C(=O)N1C[C@H](O)CCc1ccccc1. The number of fused-ring (bicyclic) bond motifs is 1. The Morgan fingerprint density at radius 1 is 1.18 bits per heavy atom. The number of aliphatic hydroxyl groups excluding tert-OH is 1. The van der Waals surface area contributed by atoms with Gasteiger partial charge in [-0.15, -0.1) is 0 Å². The minimum atomic E-state index is -0.672. The first kappa shape index (κ1) is 15.0. The second-order valence-electron chi connectivity index (χ2n) is 6.11. The zero-order valence-electron chi connectivity index (χ0n) is 12.6. The van der Waals surface area contributed by atoms with Gasteiger partial charge in [-0.1, -0.05) is 30.3 Å². The Kier molecular flexibility index (Phi) is 4.43. The Morgan fingerprint density at radius 2 is 1.95 bits per heavy atom. The van der Waals surface area contributed by atoms with Crippen molar-refractivity contribution in [3.8, 4) is 0 Å². The van der Waals surface area contributed by atoms with E-state index in [-0.39, 0.29) is 24.5 Å². The molecule has 2 aliphatic heterocycles. The molecule has 2 heterocycles. The topological polar surface area (TPSA) is 60.9 Å². The van der Waals surface area contributed by atoms with Crippen molar-refractivity contribution in [2.75, 3.05) is 13.1 Å². The number of rotatable bonds is 5. The number of carbonyl (C=O) groups is 2. The van der Waals surface area contributed by atoms with Gasteiger partial charge in [0.1, 0.15) is 6.04 Å². The van der Waals surface area contributed by atoms with E-state index < -0.39 is 6.10 Å². The zero-order chi connectivity index (χ0) is 15.5. The highest BCUT2D eigenvalue weighted by atomic mass is 16.3. The fourth-order valence-electron chi connectivity index (χ4n) is 3.29. The number of aryl methyl sites for hydroxylation is 1. The van der Waals surface area contributed by atoms with E-state index in [9.17, 15) is 14.7 Å². The molecule has 1 N–H and O–H groups in total. The molecule has 2 aliphatic rings. The fraction of sp³-hybridized carbons (Fsp3) is 0.529. The standard InChI is InChI=1S/C17H22N2O3/c20-14(10-9-13-6-2-1-3-7-13)12-19-16(21)15-8-4-5-11-18(15)17(19)22/h1-3,6-7,14-15,20H,4-5,8-12H2/t14-,15-/m1/s1. The van der Waals surface area contributed by atoms with Crippen LogP contribution in [0.15, 0.2) is 30.3 Å². The maximum atomic E-state index is 12.3. The third kappa shape index (κ3) is 2.99. The molecule has 118 valence electrons. The maximum absolute atomic E-state index is 12.3. The van der Waals surface area contributed by atoms with Crippen LogP contribution in [0.1, 0.15) is 31.2 Å². The Morgan fingerprint density at radius 3 is 2.68 bits per heavy atom. The lowest BCUT2D eigenvalue weighted by atomic mass is 10.0. The van der Waals surface area contributed by atoms with Crippen LogP contribution in [0.2, 0.25) is 0 Å². The molecule has 2 fully saturated rings. The molecule has 0 unspecified atom stereocenters. The second kappa shape index (κ2) is 6.48. The quantitative estimate of drug-likeness (QED) is 0.844. The number of aliphatic hydroxyl groups is 1. The molecule has 0 radical (unpaired) electrons. The van der Waals surface area contributed by atoms with Crippen molar-refractivity contribution in [2.45, 2.75) is 44.2 Å². The van der Waals surface area contributed by atoms with Crippen LogP contribution in [-0.4, -0.2) is 52.1 Å². The molecule has 2 atom stereocenters. The summed E-state index contributed by atoms with van der Waals surface area (Å²) in [5.74, 6) is -0.136. The van der Waals surface area contributed by atoms with Crippen molar-refractivity contribution in [2.24, 2.45) is 0 Å². The number of hydrogen-bond acceptors (Lipinski definition) is 3. The number of nitrogens with zero attached hydrogens (tertiary/aromatic N) is 2. The minimum Gasteiger partial charge on any atom is -0.391 e. The molecular formula is C17H22N2O3. The summed E-state index contributed by atoms with van der Waals surface area (Å²) in [7, 11) is 0. The number of imide groups is 1. The molecule has 0 aromatic heterocycles. The Hall–Kier alpha value is -1.88.